The van der Waals surface area contributed by atoms with Crippen molar-refractivity contribution in [2.45, 2.75) is 96.6 Å². The van der Waals surface area contributed by atoms with Crippen molar-refractivity contribution >= 4 is 17.0 Å². The molecule has 0 bridgehead atoms. The van der Waals surface area contributed by atoms with E-state index in [1.165, 1.54) is 25.7 Å². The lowest BCUT2D eigenvalue weighted by molar-refractivity contribution is 0.353. The van der Waals surface area contributed by atoms with Gasteiger partial charge in [-0.15, -0.1) is 0 Å². The Labute approximate surface area is 161 Å². The minimum absolute atomic E-state index is 0.0130. The van der Waals surface area contributed by atoms with Crippen LogP contribution in [0, 0.1) is 5.92 Å². The van der Waals surface area contributed by atoms with Crippen LogP contribution in [0.2, 0.25) is 0 Å². The molecule has 0 amide bonds. The van der Waals surface area contributed by atoms with Gasteiger partial charge in [0.25, 0.3) is 0 Å². The summed E-state index contributed by atoms with van der Waals surface area (Å²) in [6.07, 6.45) is 9.17. The molecule has 2 heterocycles. The van der Waals surface area contributed by atoms with Crippen LogP contribution in [0.5, 0.6) is 0 Å². The lowest BCUT2D eigenvalue weighted by Crippen LogP contribution is -2.34. The third kappa shape index (κ3) is 3.07. The van der Waals surface area contributed by atoms with Crippen LogP contribution in [0.1, 0.15) is 84.9 Å². The van der Waals surface area contributed by atoms with Gasteiger partial charge >= 0.3 is 5.69 Å². The van der Waals surface area contributed by atoms with Crippen molar-refractivity contribution in [1.82, 2.24) is 19.5 Å². The average Bonchev–Trinajstić information content (AvgIpc) is 3.32. The predicted octanol–water partition coefficient (Wildman–Crippen LogP) is 4.35. The highest BCUT2D eigenvalue weighted by atomic mass is 16.1. The van der Waals surface area contributed by atoms with Gasteiger partial charge in [0.2, 0.25) is 0 Å². The molecule has 2 aliphatic carbocycles. The van der Waals surface area contributed by atoms with Gasteiger partial charge in [-0.3, -0.25) is 4.57 Å². The van der Waals surface area contributed by atoms with Gasteiger partial charge in [0.15, 0.2) is 11.5 Å². The Balaban J connectivity index is 1.86. The second-order valence-corrected chi connectivity index (χ2v) is 9.28. The van der Waals surface area contributed by atoms with Crippen molar-refractivity contribution in [2.24, 2.45) is 5.92 Å². The zero-order valence-corrected chi connectivity index (χ0v) is 17.2. The number of aromatic amines is 1. The molecule has 148 valence electrons. The Bertz CT molecular complexity index is 892. The van der Waals surface area contributed by atoms with Gasteiger partial charge in [0.1, 0.15) is 11.3 Å². The number of nitrogens with one attached hydrogen (secondary N) is 2. The van der Waals surface area contributed by atoms with E-state index in [2.05, 4.69) is 43.0 Å². The normalized spacial score (nSPS) is 27.5. The molecule has 2 aliphatic rings. The van der Waals surface area contributed by atoms with E-state index in [-0.39, 0.29) is 16.6 Å². The molecule has 0 spiro atoms. The van der Waals surface area contributed by atoms with E-state index in [1.54, 1.807) is 4.57 Å². The minimum Gasteiger partial charge on any atom is -0.363 e. The Kier molecular flexibility index (Phi) is 4.55. The van der Waals surface area contributed by atoms with Crippen LogP contribution in [0.3, 0.4) is 0 Å². The van der Waals surface area contributed by atoms with Crippen LogP contribution in [0.15, 0.2) is 4.79 Å². The van der Waals surface area contributed by atoms with Crippen molar-refractivity contribution in [3.05, 3.63) is 16.3 Å². The summed E-state index contributed by atoms with van der Waals surface area (Å²) in [6.45, 7) is 9.59. The maximum atomic E-state index is 12.8. The molecular formula is C21H33N5O. The first-order valence-electron chi connectivity index (χ1n) is 10.7. The quantitative estimate of drug-likeness (QED) is 0.819. The number of nitrogens with zero attached hydrogens (tertiary/aromatic N) is 3. The molecule has 0 aliphatic heterocycles. The van der Waals surface area contributed by atoms with Gasteiger partial charge in [-0.25, -0.2) is 9.78 Å². The maximum Gasteiger partial charge on any atom is 0.351 e. The van der Waals surface area contributed by atoms with Crippen molar-refractivity contribution in [3.8, 4) is 0 Å². The van der Waals surface area contributed by atoms with Crippen LogP contribution in [-0.4, -0.2) is 25.1 Å². The summed E-state index contributed by atoms with van der Waals surface area (Å²) in [5.74, 6) is 2.28. The van der Waals surface area contributed by atoms with Crippen molar-refractivity contribution in [2.75, 3.05) is 5.32 Å². The molecule has 2 aromatic heterocycles. The summed E-state index contributed by atoms with van der Waals surface area (Å²) in [4.78, 5) is 25.8. The zero-order valence-electron chi connectivity index (χ0n) is 17.2. The number of hydrogen-bond acceptors (Lipinski definition) is 4. The van der Waals surface area contributed by atoms with Gasteiger partial charge in [-0.1, -0.05) is 40.0 Å². The number of fused-ring (bicyclic) bond motifs is 1. The molecule has 2 atom stereocenters. The summed E-state index contributed by atoms with van der Waals surface area (Å²) < 4.78 is 1.74. The van der Waals surface area contributed by atoms with Crippen LogP contribution >= 0.6 is 0 Å². The molecule has 2 aromatic rings. The molecule has 0 saturated heterocycles. The molecular weight excluding hydrogens is 338 g/mol. The monoisotopic (exact) mass is 371 g/mol. The highest BCUT2D eigenvalue weighted by Gasteiger charge is 2.40. The van der Waals surface area contributed by atoms with E-state index >= 15 is 0 Å². The molecule has 0 aromatic carbocycles. The number of H-pyrrole nitrogens is 1. The van der Waals surface area contributed by atoms with Crippen LogP contribution in [0.4, 0.5) is 5.82 Å². The molecule has 2 saturated carbocycles. The summed E-state index contributed by atoms with van der Waals surface area (Å²) in [5, 5.41) is 3.60. The lowest BCUT2D eigenvalue weighted by Gasteiger charge is -2.27. The van der Waals surface area contributed by atoms with E-state index < -0.39 is 0 Å². The fourth-order valence-corrected chi connectivity index (χ4v) is 5.07. The number of rotatable bonds is 5. The van der Waals surface area contributed by atoms with Gasteiger partial charge in [0, 0.05) is 17.5 Å². The molecule has 2 N–H and O–H groups in total. The topological polar surface area (TPSA) is 75.6 Å². The number of aryl methyl sites for hydroxylation is 1. The van der Waals surface area contributed by atoms with Crippen LogP contribution in [0.25, 0.3) is 11.2 Å². The first-order chi connectivity index (χ1) is 12.9. The number of imidazole rings is 1. The molecule has 0 radical (unpaired) electrons. The van der Waals surface area contributed by atoms with E-state index in [1.807, 2.05) is 0 Å². The third-order valence-corrected chi connectivity index (χ3v) is 7.15. The first-order valence-corrected chi connectivity index (χ1v) is 10.7. The van der Waals surface area contributed by atoms with E-state index in [0.717, 1.165) is 42.7 Å². The van der Waals surface area contributed by atoms with Gasteiger partial charge in [-0.05, 0) is 44.9 Å². The second kappa shape index (κ2) is 6.64. The number of hydrogen-bond donors (Lipinski definition) is 2. The van der Waals surface area contributed by atoms with Gasteiger partial charge in [-0.2, -0.15) is 4.98 Å². The van der Waals surface area contributed by atoms with Gasteiger partial charge < -0.3 is 10.3 Å². The lowest BCUT2D eigenvalue weighted by atomic mass is 9.80. The highest BCUT2D eigenvalue weighted by molar-refractivity contribution is 5.83. The van der Waals surface area contributed by atoms with Crippen molar-refractivity contribution < 1.29 is 0 Å². The largest absolute Gasteiger partial charge is 0.363 e. The Morgan fingerprint density at radius 1 is 1.19 bits per heavy atom. The zero-order chi connectivity index (χ0) is 19.2. The highest BCUT2D eigenvalue weighted by Crippen LogP contribution is 2.44. The molecule has 4 rings (SSSR count). The number of aromatic nitrogens is 4. The average molecular weight is 372 g/mol. The fourth-order valence-electron chi connectivity index (χ4n) is 5.07. The standard InChI is InChI=1S/C21H33N5O/c1-5-13-26-17-15(22-18(24-17)21(4)12-8-9-14(21)2)16(23-19(26)27)25-20(3)10-6-7-11-20/h14H,5-13H2,1-4H3,(H,22,24)(H,23,25,27). The summed E-state index contributed by atoms with van der Waals surface area (Å²) in [5.41, 5.74) is 1.51. The molecule has 6 nitrogen and oxygen atoms in total. The molecule has 27 heavy (non-hydrogen) atoms. The Morgan fingerprint density at radius 2 is 1.93 bits per heavy atom. The van der Waals surface area contributed by atoms with E-state index in [4.69, 9.17) is 4.98 Å². The second-order valence-electron chi connectivity index (χ2n) is 9.28. The fraction of sp³-hybridized carbons (Fsp3) is 0.762. The van der Waals surface area contributed by atoms with Crippen molar-refractivity contribution in [1.29, 1.82) is 0 Å². The predicted molar refractivity (Wildman–Crippen MR) is 109 cm³/mol. The van der Waals surface area contributed by atoms with Gasteiger partial charge in [0.05, 0.1) is 0 Å². The smallest absolute Gasteiger partial charge is 0.351 e. The SMILES string of the molecule is CCCn1c(=O)nc(NC2(C)CCCC2)c2[nH]c(C3(C)CCCC3C)nc21. The Hall–Kier alpha value is -1.85. The molecule has 6 heteroatoms. The minimum atomic E-state index is -0.198. The summed E-state index contributed by atoms with van der Waals surface area (Å²) >= 11 is 0. The third-order valence-electron chi connectivity index (χ3n) is 7.15. The summed E-state index contributed by atoms with van der Waals surface area (Å²) in [6, 6.07) is 0. The van der Waals surface area contributed by atoms with Crippen LogP contribution in [-0.2, 0) is 12.0 Å². The van der Waals surface area contributed by atoms with Crippen LogP contribution < -0.4 is 11.0 Å². The first kappa shape index (κ1) is 18.5. The maximum absolute atomic E-state index is 12.8. The molecule has 2 unspecified atom stereocenters. The molecule has 2 fully saturated rings. The van der Waals surface area contributed by atoms with E-state index in [9.17, 15) is 4.79 Å². The Morgan fingerprint density at radius 3 is 2.56 bits per heavy atom. The van der Waals surface area contributed by atoms with E-state index in [0.29, 0.717) is 18.3 Å². The summed E-state index contributed by atoms with van der Waals surface area (Å²) in [7, 11) is 0. The number of anilines is 1. The van der Waals surface area contributed by atoms with Crippen molar-refractivity contribution in [3.63, 3.8) is 0 Å².